The van der Waals surface area contributed by atoms with E-state index in [4.69, 9.17) is 5.73 Å². The Morgan fingerprint density at radius 1 is 1.24 bits per heavy atom. The van der Waals surface area contributed by atoms with Gasteiger partial charge in [0.05, 0.1) is 0 Å². The van der Waals surface area contributed by atoms with Crippen LogP contribution in [0.2, 0.25) is 0 Å². The maximum absolute atomic E-state index is 6.18. The van der Waals surface area contributed by atoms with Crippen LogP contribution in [-0.2, 0) is 18.3 Å². The second-order valence-corrected chi connectivity index (χ2v) is 6.60. The third-order valence-corrected chi connectivity index (χ3v) is 5.35. The van der Waals surface area contributed by atoms with Crippen LogP contribution in [0.15, 0.2) is 16.6 Å². The van der Waals surface area contributed by atoms with Gasteiger partial charge >= 0.3 is 0 Å². The van der Waals surface area contributed by atoms with E-state index in [9.17, 15) is 0 Å². The predicted octanol–water partition coefficient (Wildman–Crippen LogP) is 3.71. The summed E-state index contributed by atoms with van der Waals surface area (Å²) < 4.78 is 1.32. The van der Waals surface area contributed by atoms with Crippen LogP contribution in [0.4, 0.5) is 0 Å². The average molecular weight is 294 g/mol. The minimum Gasteiger partial charge on any atom is -0.327 e. The number of benzene rings is 1. The smallest absolute Gasteiger partial charge is 0.0213 e. The molecule has 92 valence electrons. The number of hydrogen-bond donors (Lipinski definition) is 1. The van der Waals surface area contributed by atoms with Gasteiger partial charge in [-0.2, -0.15) is 0 Å². The van der Waals surface area contributed by atoms with Crippen molar-refractivity contribution >= 4 is 15.9 Å². The maximum atomic E-state index is 6.18. The van der Waals surface area contributed by atoms with Crippen molar-refractivity contribution in [3.05, 3.63) is 33.3 Å². The number of halogens is 1. The van der Waals surface area contributed by atoms with E-state index in [1.165, 1.54) is 48.6 Å². The summed E-state index contributed by atoms with van der Waals surface area (Å²) in [6.45, 7) is 2.15. The lowest BCUT2D eigenvalue weighted by Gasteiger charge is -2.25. The zero-order chi connectivity index (χ0) is 12.0. The summed E-state index contributed by atoms with van der Waals surface area (Å²) in [5, 5.41) is 0. The Labute approximate surface area is 112 Å². The molecule has 0 amide bonds. The van der Waals surface area contributed by atoms with E-state index in [0.717, 1.165) is 0 Å². The van der Waals surface area contributed by atoms with Gasteiger partial charge in [-0.1, -0.05) is 22.0 Å². The molecule has 2 aliphatic rings. The number of aryl methyl sites for hydroxylation is 1. The highest BCUT2D eigenvalue weighted by atomic mass is 79.9. The molecule has 0 aliphatic heterocycles. The van der Waals surface area contributed by atoms with E-state index in [2.05, 4.69) is 35.0 Å². The standard InChI is InChI=1S/C15H20BrN/c1-10(17)15(6-7-15)12-8-11-4-2-3-5-13(11)14(16)9-12/h8-10H,2-7,17H2,1H3. The van der Waals surface area contributed by atoms with Crippen molar-refractivity contribution in [1.29, 1.82) is 0 Å². The summed E-state index contributed by atoms with van der Waals surface area (Å²) in [4.78, 5) is 0. The van der Waals surface area contributed by atoms with Gasteiger partial charge in [0.15, 0.2) is 0 Å². The molecule has 1 unspecified atom stereocenters. The lowest BCUT2D eigenvalue weighted by molar-refractivity contribution is 0.554. The molecular formula is C15H20BrN. The van der Waals surface area contributed by atoms with Crippen LogP contribution in [-0.4, -0.2) is 6.04 Å². The van der Waals surface area contributed by atoms with E-state index >= 15 is 0 Å². The van der Waals surface area contributed by atoms with Crippen LogP contribution in [0.25, 0.3) is 0 Å². The lowest BCUT2D eigenvalue weighted by Crippen LogP contribution is -2.31. The van der Waals surface area contributed by atoms with Gasteiger partial charge in [0.1, 0.15) is 0 Å². The summed E-state index contributed by atoms with van der Waals surface area (Å²) in [7, 11) is 0. The molecule has 1 atom stereocenters. The molecule has 1 aromatic rings. The van der Waals surface area contributed by atoms with Crippen molar-refractivity contribution < 1.29 is 0 Å². The van der Waals surface area contributed by atoms with Crippen LogP contribution in [0.3, 0.4) is 0 Å². The van der Waals surface area contributed by atoms with Gasteiger partial charge in [0.25, 0.3) is 0 Å². The van der Waals surface area contributed by atoms with Gasteiger partial charge in [-0.15, -0.1) is 0 Å². The summed E-state index contributed by atoms with van der Waals surface area (Å²) in [5.41, 5.74) is 11.0. The van der Waals surface area contributed by atoms with Crippen LogP contribution in [0.5, 0.6) is 0 Å². The van der Waals surface area contributed by atoms with Crippen molar-refractivity contribution in [2.24, 2.45) is 5.73 Å². The highest BCUT2D eigenvalue weighted by Gasteiger charge is 2.47. The van der Waals surface area contributed by atoms with Crippen LogP contribution in [0.1, 0.15) is 49.3 Å². The molecule has 2 N–H and O–H groups in total. The van der Waals surface area contributed by atoms with Crippen LogP contribution >= 0.6 is 15.9 Å². The van der Waals surface area contributed by atoms with Gasteiger partial charge in [-0.25, -0.2) is 0 Å². The molecule has 17 heavy (non-hydrogen) atoms. The highest BCUT2D eigenvalue weighted by molar-refractivity contribution is 9.10. The van der Waals surface area contributed by atoms with E-state index in [1.807, 2.05) is 0 Å². The summed E-state index contributed by atoms with van der Waals surface area (Å²) in [5.74, 6) is 0. The first-order valence-electron chi connectivity index (χ1n) is 6.71. The molecule has 2 aliphatic carbocycles. The van der Waals surface area contributed by atoms with Crippen LogP contribution in [0, 0.1) is 0 Å². The Morgan fingerprint density at radius 2 is 1.94 bits per heavy atom. The SMILES string of the molecule is CC(N)C1(c2cc(Br)c3c(c2)CCCC3)CC1. The Kier molecular flexibility index (Phi) is 2.83. The molecule has 2 heteroatoms. The normalized spacial score (nSPS) is 23.0. The van der Waals surface area contributed by atoms with Gasteiger partial charge in [-0.3, -0.25) is 0 Å². The monoisotopic (exact) mass is 293 g/mol. The largest absolute Gasteiger partial charge is 0.327 e. The van der Waals surface area contributed by atoms with Crippen molar-refractivity contribution in [3.63, 3.8) is 0 Å². The second kappa shape index (κ2) is 4.10. The molecule has 0 heterocycles. The zero-order valence-corrected chi connectivity index (χ0v) is 12.0. The van der Waals surface area contributed by atoms with E-state index in [0.29, 0.717) is 0 Å². The second-order valence-electron chi connectivity index (χ2n) is 5.75. The number of rotatable bonds is 2. The van der Waals surface area contributed by atoms with Crippen molar-refractivity contribution in [2.45, 2.75) is 56.9 Å². The molecule has 1 fully saturated rings. The van der Waals surface area contributed by atoms with E-state index < -0.39 is 0 Å². The van der Waals surface area contributed by atoms with Crippen LogP contribution < -0.4 is 5.73 Å². The summed E-state index contributed by atoms with van der Waals surface area (Å²) in [6.07, 6.45) is 7.68. The summed E-state index contributed by atoms with van der Waals surface area (Å²) >= 11 is 3.76. The minimum absolute atomic E-state index is 0.274. The predicted molar refractivity (Wildman–Crippen MR) is 75.3 cm³/mol. The quantitative estimate of drug-likeness (QED) is 0.884. The van der Waals surface area contributed by atoms with Crippen molar-refractivity contribution in [1.82, 2.24) is 0 Å². The lowest BCUT2D eigenvalue weighted by atomic mass is 9.84. The fourth-order valence-corrected chi connectivity index (χ4v) is 3.94. The molecule has 0 saturated heterocycles. The van der Waals surface area contributed by atoms with Crippen molar-refractivity contribution in [3.8, 4) is 0 Å². The molecule has 0 radical (unpaired) electrons. The topological polar surface area (TPSA) is 26.0 Å². The van der Waals surface area contributed by atoms with Gasteiger partial charge in [0, 0.05) is 15.9 Å². The molecule has 0 spiro atoms. The van der Waals surface area contributed by atoms with E-state index in [-0.39, 0.29) is 11.5 Å². The molecule has 3 rings (SSSR count). The highest BCUT2D eigenvalue weighted by Crippen LogP contribution is 2.51. The molecule has 0 bridgehead atoms. The zero-order valence-electron chi connectivity index (χ0n) is 10.4. The molecule has 1 nitrogen and oxygen atoms in total. The molecule has 1 aromatic carbocycles. The molecule has 1 saturated carbocycles. The molecule has 0 aromatic heterocycles. The first-order valence-corrected chi connectivity index (χ1v) is 7.50. The summed E-state index contributed by atoms with van der Waals surface area (Å²) in [6, 6.07) is 5.05. The fraction of sp³-hybridized carbons (Fsp3) is 0.600. The first kappa shape index (κ1) is 11.7. The Balaban J connectivity index is 2.05. The van der Waals surface area contributed by atoms with E-state index in [1.54, 1.807) is 11.1 Å². The fourth-order valence-electron chi connectivity index (χ4n) is 3.24. The third kappa shape index (κ3) is 1.86. The number of nitrogens with two attached hydrogens (primary N) is 1. The van der Waals surface area contributed by atoms with Gasteiger partial charge in [0.2, 0.25) is 0 Å². The maximum Gasteiger partial charge on any atom is 0.0213 e. The Hall–Kier alpha value is -0.340. The first-order chi connectivity index (χ1) is 8.13. The Morgan fingerprint density at radius 3 is 2.59 bits per heavy atom. The van der Waals surface area contributed by atoms with Gasteiger partial charge < -0.3 is 5.73 Å². The number of fused-ring (bicyclic) bond motifs is 1. The molecular weight excluding hydrogens is 274 g/mol. The number of hydrogen-bond acceptors (Lipinski definition) is 1. The minimum atomic E-state index is 0.274. The van der Waals surface area contributed by atoms with Crippen molar-refractivity contribution in [2.75, 3.05) is 0 Å². The third-order valence-electron chi connectivity index (χ3n) is 4.65. The van der Waals surface area contributed by atoms with Gasteiger partial charge in [-0.05, 0) is 68.2 Å². The average Bonchev–Trinajstić information content (AvgIpc) is 3.10. The Bertz CT molecular complexity index is 446.